The van der Waals surface area contributed by atoms with Gasteiger partial charge in [0.25, 0.3) is 0 Å². The van der Waals surface area contributed by atoms with Gasteiger partial charge in [0.15, 0.2) is 34.6 Å². The molecular weight excluding hydrogens is 828 g/mol. The second kappa shape index (κ2) is 21.0. The third-order valence-corrected chi connectivity index (χ3v) is 9.27. The lowest BCUT2D eigenvalue weighted by Crippen LogP contribution is -2.35. The topological polar surface area (TPSA) is 306 Å². The first-order valence-corrected chi connectivity index (χ1v) is 19.5. The summed E-state index contributed by atoms with van der Waals surface area (Å²) in [5.74, 6) is -7.27. The number of carbonyl (C=O) groups excluding carboxylic acids is 10. The lowest BCUT2D eigenvalue weighted by atomic mass is 9.88. The summed E-state index contributed by atoms with van der Waals surface area (Å²) in [4.78, 5) is 122. The van der Waals surface area contributed by atoms with E-state index in [9.17, 15) is 47.9 Å². The maximum atomic E-state index is 12.6. The third-order valence-electron chi connectivity index (χ3n) is 9.27. The molecule has 2 aliphatic rings. The molecule has 19 heteroatoms. The average Bonchev–Trinajstić information content (AvgIpc) is 3.93. The van der Waals surface area contributed by atoms with Crippen molar-refractivity contribution in [2.75, 3.05) is 33.0 Å². The second-order valence-corrected chi connectivity index (χ2v) is 14.5. The number of Topliss-reactive ketones (excluding diaryl/α,β-unsaturated/α-hetero) is 2. The molecule has 2 aliphatic carbocycles. The largest absolute Gasteiger partial charge is 0.465 e. The lowest BCUT2D eigenvalue weighted by molar-refractivity contribution is -0.152. The number of aliphatic hydroxyl groups is 1. The van der Waals surface area contributed by atoms with Crippen molar-refractivity contribution >= 4 is 58.6 Å². The van der Waals surface area contributed by atoms with Crippen LogP contribution in [0.2, 0.25) is 0 Å². The van der Waals surface area contributed by atoms with Crippen molar-refractivity contribution in [1.29, 1.82) is 0 Å². The standard InChI is InChI=1S/C23H23NO8.C21H19NO9/c1-12(2)9-16(24)23(29)31-8-7-30-19(26)11-17(25)18-10-15-20(27)13-5-3-4-6-14(13)21(28)22(15)32-18;22-14(10-23)21(28)30-7-3-6-29-17(25)9-15(24)16-8-13-18(26)11-4-1-2-5-12(11)19(27)20(13)31-16/h3-6,10,12,16H,7-9,11,24H2,1-2H3;1-2,4-5,8,14,23H,3,6-7,9-10,22H2/t16-;14-/m00/s1. The number of rotatable bonds is 18. The monoisotopic (exact) mass is 870 g/mol. The van der Waals surface area contributed by atoms with Gasteiger partial charge in [0.2, 0.25) is 23.1 Å². The Morgan fingerprint density at radius 1 is 0.556 bits per heavy atom. The van der Waals surface area contributed by atoms with Crippen molar-refractivity contribution in [2.24, 2.45) is 17.4 Å². The molecule has 0 radical (unpaired) electrons. The summed E-state index contributed by atoms with van der Waals surface area (Å²) in [5.41, 5.74) is 11.8. The summed E-state index contributed by atoms with van der Waals surface area (Å²) in [6.07, 6.45) is -0.685. The predicted molar refractivity (Wildman–Crippen MR) is 213 cm³/mol. The third kappa shape index (κ3) is 11.4. The van der Waals surface area contributed by atoms with Crippen molar-refractivity contribution < 1.29 is 80.8 Å². The first kappa shape index (κ1) is 46.8. The summed E-state index contributed by atoms with van der Waals surface area (Å²) < 4.78 is 30.1. The van der Waals surface area contributed by atoms with Gasteiger partial charge in [-0.15, -0.1) is 0 Å². The van der Waals surface area contributed by atoms with Gasteiger partial charge in [0.1, 0.15) is 38.1 Å². The van der Waals surface area contributed by atoms with Crippen LogP contribution in [0.3, 0.4) is 0 Å². The number of aliphatic hydroxyl groups excluding tert-OH is 1. The van der Waals surface area contributed by atoms with Gasteiger partial charge in [-0.3, -0.25) is 47.9 Å². The maximum Gasteiger partial charge on any atom is 0.325 e. The number of carbonyl (C=O) groups is 10. The minimum Gasteiger partial charge on any atom is -0.465 e. The van der Waals surface area contributed by atoms with Crippen LogP contribution in [-0.2, 0) is 38.1 Å². The van der Waals surface area contributed by atoms with Crippen molar-refractivity contribution in [3.05, 3.63) is 117 Å². The van der Waals surface area contributed by atoms with E-state index >= 15 is 0 Å². The molecule has 2 aromatic heterocycles. The summed E-state index contributed by atoms with van der Waals surface area (Å²) in [6.45, 7) is 2.67. The maximum absolute atomic E-state index is 12.6. The van der Waals surface area contributed by atoms with Crippen molar-refractivity contribution in [1.82, 2.24) is 0 Å². The van der Waals surface area contributed by atoms with E-state index in [1.807, 2.05) is 13.8 Å². The van der Waals surface area contributed by atoms with Gasteiger partial charge >= 0.3 is 23.9 Å². The molecule has 0 saturated heterocycles. The number of furan rings is 2. The number of nitrogens with two attached hydrogens (primary N) is 2. The summed E-state index contributed by atoms with van der Waals surface area (Å²) in [6, 6.07) is 13.0. The molecule has 2 aromatic carbocycles. The number of hydrogen-bond acceptors (Lipinski definition) is 19. The van der Waals surface area contributed by atoms with E-state index < -0.39 is 90.1 Å². The molecule has 6 rings (SSSR count). The molecule has 0 aliphatic heterocycles. The molecule has 0 spiro atoms. The molecule has 330 valence electrons. The molecule has 2 heterocycles. The molecule has 63 heavy (non-hydrogen) atoms. The summed E-state index contributed by atoms with van der Waals surface area (Å²) in [7, 11) is 0. The van der Waals surface area contributed by atoms with E-state index in [2.05, 4.69) is 0 Å². The molecule has 0 bridgehead atoms. The van der Waals surface area contributed by atoms with Gasteiger partial charge in [-0.05, 0) is 24.5 Å². The Morgan fingerprint density at radius 3 is 1.38 bits per heavy atom. The molecule has 0 fully saturated rings. The molecule has 0 unspecified atom stereocenters. The highest BCUT2D eigenvalue weighted by atomic mass is 16.6. The molecule has 19 nitrogen and oxygen atoms in total. The molecule has 2 atom stereocenters. The van der Waals surface area contributed by atoms with Crippen LogP contribution in [0, 0.1) is 5.92 Å². The van der Waals surface area contributed by atoms with Crippen LogP contribution in [0.1, 0.15) is 125 Å². The van der Waals surface area contributed by atoms with E-state index in [4.69, 9.17) is 44.4 Å². The van der Waals surface area contributed by atoms with Gasteiger partial charge in [-0.2, -0.15) is 0 Å². The van der Waals surface area contributed by atoms with Gasteiger partial charge in [-0.25, -0.2) is 0 Å². The fourth-order valence-electron chi connectivity index (χ4n) is 6.17. The van der Waals surface area contributed by atoms with Crippen LogP contribution in [0.5, 0.6) is 0 Å². The first-order valence-electron chi connectivity index (χ1n) is 19.5. The lowest BCUT2D eigenvalue weighted by Gasteiger charge is -2.13. The van der Waals surface area contributed by atoms with Gasteiger partial charge in [0, 0.05) is 28.7 Å². The fraction of sp³-hybridized carbons (Fsp3) is 0.318. The van der Waals surface area contributed by atoms with Crippen LogP contribution >= 0.6 is 0 Å². The molecule has 4 aromatic rings. The van der Waals surface area contributed by atoms with Gasteiger partial charge in [0.05, 0.1) is 30.9 Å². The van der Waals surface area contributed by atoms with Crippen molar-refractivity contribution in [3.8, 4) is 0 Å². The van der Waals surface area contributed by atoms with Crippen molar-refractivity contribution in [3.63, 3.8) is 0 Å². The Kier molecular flexibility index (Phi) is 15.6. The van der Waals surface area contributed by atoms with Crippen LogP contribution < -0.4 is 11.5 Å². The summed E-state index contributed by atoms with van der Waals surface area (Å²) in [5, 5.41) is 8.71. The predicted octanol–water partition coefficient (Wildman–Crippen LogP) is 2.51. The highest BCUT2D eigenvalue weighted by Crippen LogP contribution is 2.31. The summed E-state index contributed by atoms with van der Waals surface area (Å²) >= 11 is 0. The highest BCUT2D eigenvalue weighted by molar-refractivity contribution is 6.29. The normalized spacial score (nSPS) is 13.3. The van der Waals surface area contributed by atoms with E-state index in [1.165, 1.54) is 30.3 Å². The number of ketones is 6. The molecule has 5 N–H and O–H groups in total. The first-order chi connectivity index (χ1) is 30.0. The van der Waals surface area contributed by atoms with Crippen LogP contribution in [-0.4, -0.2) is 109 Å². The Balaban J connectivity index is 0.000000238. The van der Waals surface area contributed by atoms with Crippen LogP contribution in [0.15, 0.2) is 69.5 Å². The minimum atomic E-state index is -1.13. The number of benzene rings is 2. The van der Waals surface area contributed by atoms with E-state index in [0.717, 1.165) is 6.07 Å². The zero-order chi connectivity index (χ0) is 46.0. The van der Waals surface area contributed by atoms with E-state index in [1.54, 1.807) is 24.3 Å². The smallest absolute Gasteiger partial charge is 0.325 e. The number of esters is 4. The van der Waals surface area contributed by atoms with Gasteiger partial charge < -0.3 is 44.4 Å². The highest BCUT2D eigenvalue weighted by Gasteiger charge is 2.36. The quantitative estimate of drug-likeness (QED) is 0.0367. The van der Waals surface area contributed by atoms with Crippen molar-refractivity contribution in [2.45, 2.75) is 51.6 Å². The average molecular weight is 871 g/mol. The van der Waals surface area contributed by atoms with Crippen LogP contribution in [0.4, 0.5) is 0 Å². The number of ether oxygens (including phenoxy) is 4. The Morgan fingerprint density at radius 2 is 0.937 bits per heavy atom. The van der Waals surface area contributed by atoms with E-state index in [0.29, 0.717) is 6.42 Å². The Hall–Kier alpha value is -7.22. The minimum absolute atomic E-state index is 0.0185. The molecular formula is C44H42N2O17. The number of hydrogen-bond donors (Lipinski definition) is 3. The zero-order valence-electron chi connectivity index (χ0n) is 34.0. The Labute approximate surface area is 357 Å². The number of fused-ring (bicyclic) bond motifs is 4. The SMILES string of the molecule is CC(C)C[C@H](N)C(=O)OCCOC(=O)CC(=O)c1cc2c(o1)C(=O)c1ccccc1C2=O.N[C@@H](CO)C(=O)OCCCOC(=O)CC(=O)c1cc2c(o1)C(=O)c1ccccc1C2=O. The van der Waals surface area contributed by atoms with E-state index in [-0.39, 0.29) is 95.2 Å². The Bertz CT molecular complexity index is 2370. The molecule has 0 amide bonds. The fourth-order valence-corrected chi connectivity index (χ4v) is 6.17. The zero-order valence-corrected chi connectivity index (χ0v) is 34.0. The molecule has 0 saturated carbocycles. The van der Waals surface area contributed by atoms with Gasteiger partial charge in [-0.1, -0.05) is 62.4 Å². The van der Waals surface area contributed by atoms with Crippen LogP contribution in [0.25, 0.3) is 0 Å². The second-order valence-electron chi connectivity index (χ2n) is 14.5.